The van der Waals surface area contributed by atoms with Crippen molar-refractivity contribution in [3.05, 3.63) is 69.8 Å². The first-order valence-electron chi connectivity index (χ1n) is 9.60. The number of hydrogen-bond donors (Lipinski definition) is 2. The predicted octanol–water partition coefficient (Wildman–Crippen LogP) is 3.25. The number of benzene rings is 2. The number of likely N-dealkylation sites (N-methyl/N-ethyl adjacent to an activating group) is 1. The van der Waals surface area contributed by atoms with E-state index in [0.717, 1.165) is 23.2 Å². The molecule has 1 aromatic heterocycles. The van der Waals surface area contributed by atoms with E-state index in [-0.39, 0.29) is 18.0 Å². The Balaban J connectivity index is 1.73. The molecule has 0 radical (unpaired) electrons. The van der Waals surface area contributed by atoms with Gasteiger partial charge in [0.1, 0.15) is 5.82 Å². The molecule has 0 aliphatic carbocycles. The van der Waals surface area contributed by atoms with Crippen LogP contribution in [-0.4, -0.2) is 33.9 Å². The monoisotopic (exact) mass is 378 g/mol. The average Bonchev–Trinajstić information content (AvgIpc) is 2.69. The molecule has 0 bridgehead atoms. The summed E-state index contributed by atoms with van der Waals surface area (Å²) in [5, 5.41) is 3.62. The minimum absolute atomic E-state index is 0.0750. The summed E-state index contributed by atoms with van der Waals surface area (Å²) in [6, 6.07) is 13.3. The van der Waals surface area contributed by atoms with E-state index in [4.69, 9.17) is 0 Å². The second-order valence-corrected chi connectivity index (χ2v) is 6.84. The summed E-state index contributed by atoms with van der Waals surface area (Å²) in [4.78, 5) is 34.2. The van der Waals surface area contributed by atoms with Crippen molar-refractivity contribution in [3.8, 4) is 0 Å². The van der Waals surface area contributed by atoms with E-state index in [0.29, 0.717) is 29.8 Å². The minimum Gasteiger partial charge on any atom is -0.324 e. The van der Waals surface area contributed by atoms with Gasteiger partial charge in [0.25, 0.3) is 5.56 Å². The first kappa shape index (κ1) is 19.8. The first-order chi connectivity index (χ1) is 13.5. The molecule has 0 saturated carbocycles. The Hall–Kier alpha value is -2.99. The number of aromatic nitrogens is 2. The van der Waals surface area contributed by atoms with Crippen LogP contribution in [-0.2, 0) is 17.8 Å². The molecule has 2 aromatic carbocycles. The number of carbonyl (C=O) groups excluding carboxylic acids is 1. The largest absolute Gasteiger partial charge is 0.324 e. The van der Waals surface area contributed by atoms with Crippen molar-refractivity contribution in [1.82, 2.24) is 14.9 Å². The van der Waals surface area contributed by atoms with Crippen LogP contribution in [0.3, 0.4) is 0 Å². The van der Waals surface area contributed by atoms with Crippen LogP contribution in [0.25, 0.3) is 10.9 Å². The zero-order valence-corrected chi connectivity index (χ0v) is 16.6. The summed E-state index contributed by atoms with van der Waals surface area (Å²) in [7, 11) is 0. The summed E-state index contributed by atoms with van der Waals surface area (Å²) in [6.45, 7) is 7.35. The van der Waals surface area contributed by atoms with E-state index in [1.165, 1.54) is 0 Å². The molecule has 0 aliphatic rings. The van der Waals surface area contributed by atoms with Crippen LogP contribution in [0.4, 0.5) is 5.69 Å². The lowest BCUT2D eigenvalue weighted by Gasteiger charge is -2.20. The Morgan fingerprint density at radius 3 is 2.68 bits per heavy atom. The number of fused-ring (bicyclic) bond motifs is 1. The van der Waals surface area contributed by atoms with Crippen LogP contribution in [0.1, 0.15) is 30.8 Å². The molecule has 0 aliphatic heterocycles. The lowest BCUT2D eigenvalue weighted by molar-refractivity contribution is -0.117. The fourth-order valence-corrected chi connectivity index (χ4v) is 3.29. The van der Waals surface area contributed by atoms with Crippen LogP contribution in [0.15, 0.2) is 47.3 Å². The highest BCUT2D eigenvalue weighted by molar-refractivity contribution is 5.93. The lowest BCUT2D eigenvalue weighted by atomic mass is 10.1. The van der Waals surface area contributed by atoms with Crippen molar-refractivity contribution in [2.24, 2.45) is 0 Å². The van der Waals surface area contributed by atoms with Gasteiger partial charge in [0.2, 0.25) is 5.91 Å². The summed E-state index contributed by atoms with van der Waals surface area (Å²) in [5.41, 5.74) is 3.57. The molecule has 0 atom stereocenters. The zero-order valence-electron chi connectivity index (χ0n) is 16.6. The molecule has 0 spiro atoms. The molecule has 146 valence electrons. The number of para-hydroxylation sites is 2. The number of H-pyrrole nitrogens is 1. The molecule has 28 heavy (non-hydrogen) atoms. The molecule has 0 saturated heterocycles. The van der Waals surface area contributed by atoms with Gasteiger partial charge in [0.15, 0.2) is 0 Å². The molecule has 1 heterocycles. The molecule has 3 aromatic rings. The predicted molar refractivity (Wildman–Crippen MR) is 113 cm³/mol. The summed E-state index contributed by atoms with van der Waals surface area (Å²) in [5.74, 6) is 0.484. The number of amides is 1. The molecule has 0 unspecified atom stereocenters. The van der Waals surface area contributed by atoms with Gasteiger partial charge in [0, 0.05) is 5.69 Å². The highest BCUT2D eigenvalue weighted by Gasteiger charge is 2.14. The van der Waals surface area contributed by atoms with Crippen molar-refractivity contribution in [2.75, 3.05) is 18.4 Å². The van der Waals surface area contributed by atoms with Gasteiger partial charge >= 0.3 is 0 Å². The van der Waals surface area contributed by atoms with Gasteiger partial charge in [0.05, 0.1) is 24.0 Å². The molecule has 1 amide bonds. The molecule has 0 fully saturated rings. The van der Waals surface area contributed by atoms with E-state index in [2.05, 4.69) is 22.2 Å². The molecule has 6 heteroatoms. The van der Waals surface area contributed by atoms with Crippen molar-refractivity contribution in [1.29, 1.82) is 0 Å². The van der Waals surface area contributed by atoms with Gasteiger partial charge < -0.3 is 10.3 Å². The minimum atomic E-state index is -0.159. The summed E-state index contributed by atoms with van der Waals surface area (Å²) < 4.78 is 0. The van der Waals surface area contributed by atoms with Crippen LogP contribution < -0.4 is 10.9 Å². The van der Waals surface area contributed by atoms with Gasteiger partial charge in [-0.3, -0.25) is 14.5 Å². The Labute approximate surface area is 164 Å². The first-order valence-corrected chi connectivity index (χ1v) is 9.60. The fourth-order valence-electron chi connectivity index (χ4n) is 3.29. The number of rotatable bonds is 7. The lowest BCUT2D eigenvalue weighted by Crippen LogP contribution is -2.34. The Morgan fingerprint density at radius 1 is 1.14 bits per heavy atom. The topological polar surface area (TPSA) is 78.1 Å². The van der Waals surface area contributed by atoms with E-state index in [9.17, 15) is 9.59 Å². The van der Waals surface area contributed by atoms with Crippen LogP contribution in [0.5, 0.6) is 0 Å². The van der Waals surface area contributed by atoms with Gasteiger partial charge in [-0.2, -0.15) is 0 Å². The smallest absolute Gasteiger partial charge is 0.258 e. The van der Waals surface area contributed by atoms with E-state index in [1.807, 2.05) is 55.1 Å². The molecular weight excluding hydrogens is 352 g/mol. The van der Waals surface area contributed by atoms with Gasteiger partial charge in [-0.25, -0.2) is 4.98 Å². The SMILES string of the molecule is CCc1cccc(C)c1NC(=O)CN(CC)Cc1nc2ccccc2c(=O)[nH]1. The third kappa shape index (κ3) is 4.46. The van der Waals surface area contributed by atoms with E-state index >= 15 is 0 Å². The second-order valence-electron chi connectivity index (χ2n) is 6.84. The normalized spacial score (nSPS) is 11.1. The summed E-state index contributed by atoms with van der Waals surface area (Å²) in [6.07, 6.45) is 0.858. The van der Waals surface area contributed by atoms with Crippen LogP contribution >= 0.6 is 0 Å². The molecule has 6 nitrogen and oxygen atoms in total. The van der Waals surface area contributed by atoms with Crippen LogP contribution in [0, 0.1) is 6.92 Å². The Bertz CT molecular complexity index is 1040. The Morgan fingerprint density at radius 2 is 1.93 bits per heavy atom. The number of nitrogens with zero attached hydrogens (tertiary/aromatic N) is 2. The number of carbonyl (C=O) groups is 1. The number of aryl methyl sites for hydroxylation is 2. The van der Waals surface area contributed by atoms with Gasteiger partial charge in [-0.15, -0.1) is 0 Å². The molecule has 3 rings (SSSR count). The standard InChI is InChI=1S/C22H26N4O2/c1-4-16-10-8-9-15(3)21(16)25-20(27)14-26(5-2)13-19-23-18-12-7-6-11-17(18)22(28)24-19/h6-12H,4-5,13-14H2,1-3H3,(H,25,27)(H,23,24,28). The van der Waals surface area contributed by atoms with Gasteiger partial charge in [-0.05, 0) is 43.1 Å². The van der Waals surface area contributed by atoms with E-state index in [1.54, 1.807) is 6.07 Å². The zero-order chi connectivity index (χ0) is 20.1. The second kappa shape index (κ2) is 8.80. The maximum atomic E-state index is 12.6. The van der Waals surface area contributed by atoms with Crippen molar-refractivity contribution in [2.45, 2.75) is 33.7 Å². The van der Waals surface area contributed by atoms with E-state index < -0.39 is 0 Å². The van der Waals surface area contributed by atoms with Gasteiger partial charge in [-0.1, -0.05) is 44.2 Å². The third-order valence-corrected chi connectivity index (χ3v) is 4.85. The number of hydrogen-bond acceptors (Lipinski definition) is 4. The highest BCUT2D eigenvalue weighted by Crippen LogP contribution is 2.21. The third-order valence-electron chi connectivity index (χ3n) is 4.85. The quantitative estimate of drug-likeness (QED) is 0.661. The highest BCUT2D eigenvalue weighted by atomic mass is 16.2. The fraction of sp³-hybridized carbons (Fsp3) is 0.318. The van der Waals surface area contributed by atoms with Crippen molar-refractivity contribution < 1.29 is 4.79 Å². The van der Waals surface area contributed by atoms with Crippen molar-refractivity contribution >= 4 is 22.5 Å². The number of aromatic amines is 1. The molecule has 2 N–H and O–H groups in total. The van der Waals surface area contributed by atoms with Crippen molar-refractivity contribution in [3.63, 3.8) is 0 Å². The number of nitrogens with one attached hydrogen (secondary N) is 2. The number of anilines is 1. The summed E-state index contributed by atoms with van der Waals surface area (Å²) >= 11 is 0. The molecular formula is C22H26N4O2. The average molecular weight is 378 g/mol. The Kier molecular flexibility index (Phi) is 6.21. The maximum absolute atomic E-state index is 12.6. The maximum Gasteiger partial charge on any atom is 0.258 e. The van der Waals surface area contributed by atoms with Crippen LogP contribution in [0.2, 0.25) is 0 Å².